The fourth-order valence-corrected chi connectivity index (χ4v) is 1.96. The molecular weight excluding hydrogens is 222 g/mol. The molecule has 0 fully saturated rings. The normalized spacial score (nSPS) is 12.2. The van der Waals surface area contributed by atoms with Gasteiger partial charge in [-0.1, -0.05) is 24.3 Å². The van der Waals surface area contributed by atoms with Crippen molar-refractivity contribution in [3.8, 4) is 0 Å². The van der Waals surface area contributed by atoms with Crippen LogP contribution in [0.15, 0.2) is 48.5 Å². The number of aliphatic hydroxyl groups excluding tert-OH is 1. The molecule has 1 unspecified atom stereocenters. The predicted molar refractivity (Wildman–Crippen MR) is 76.3 cm³/mol. The fraction of sp³-hybridized carbons (Fsp3) is 0.250. The van der Waals surface area contributed by atoms with E-state index in [1.165, 1.54) is 11.3 Å². The summed E-state index contributed by atoms with van der Waals surface area (Å²) in [5, 5.41) is 9.49. The molecule has 18 heavy (non-hydrogen) atoms. The van der Waals surface area contributed by atoms with Crippen molar-refractivity contribution in [1.29, 1.82) is 0 Å². The van der Waals surface area contributed by atoms with E-state index in [1.54, 1.807) is 6.92 Å². The van der Waals surface area contributed by atoms with Gasteiger partial charge < -0.3 is 10.0 Å². The molecule has 0 heterocycles. The van der Waals surface area contributed by atoms with Gasteiger partial charge in [-0.25, -0.2) is 0 Å². The minimum absolute atomic E-state index is 0.414. The van der Waals surface area contributed by atoms with Gasteiger partial charge in [0.1, 0.15) is 0 Å². The third kappa shape index (κ3) is 2.71. The first-order valence-corrected chi connectivity index (χ1v) is 6.16. The van der Waals surface area contributed by atoms with Crippen LogP contribution in [0, 0.1) is 6.92 Å². The van der Waals surface area contributed by atoms with Crippen molar-refractivity contribution in [3.05, 3.63) is 59.7 Å². The van der Waals surface area contributed by atoms with Crippen molar-refractivity contribution < 1.29 is 5.11 Å². The zero-order valence-corrected chi connectivity index (χ0v) is 11.1. The topological polar surface area (TPSA) is 23.5 Å². The first-order chi connectivity index (χ1) is 8.58. The van der Waals surface area contributed by atoms with Gasteiger partial charge in [0.15, 0.2) is 0 Å². The van der Waals surface area contributed by atoms with Crippen LogP contribution in [0.25, 0.3) is 0 Å². The Hall–Kier alpha value is -1.80. The molecule has 0 aliphatic rings. The lowest BCUT2D eigenvalue weighted by atomic mass is 10.1. The highest BCUT2D eigenvalue weighted by Gasteiger charge is 2.05. The molecule has 0 amide bonds. The van der Waals surface area contributed by atoms with Crippen molar-refractivity contribution >= 4 is 11.4 Å². The summed E-state index contributed by atoms with van der Waals surface area (Å²) in [6.07, 6.45) is -0.414. The van der Waals surface area contributed by atoms with Gasteiger partial charge in [-0.2, -0.15) is 0 Å². The van der Waals surface area contributed by atoms with Crippen LogP contribution in [-0.2, 0) is 0 Å². The Balaban J connectivity index is 2.26. The van der Waals surface area contributed by atoms with Crippen LogP contribution >= 0.6 is 0 Å². The lowest BCUT2D eigenvalue weighted by molar-refractivity contribution is 0.199. The van der Waals surface area contributed by atoms with Crippen molar-refractivity contribution in [2.45, 2.75) is 20.0 Å². The lowest BCUT2D eigenvalue weighted by Crippen LogP contribution is -2.09. The number of aryl methyl sites for hydroxylation is 1. The van der Waals surface area contributed by atoms with Gasteiger partial charge in [0.2, 0.25) is 0 Å². The molecular formula is C16H19NO. The second-order valence-corrected chi connectivity index (χ2v) is 4.67. The summed E-state index contributed by atoms with van der Waals surface area (Å²) in [6.45, 7) is 3.87. The molecule has 2 aromatic carbocycles. The van der Waals surface area contributed by atoms with Crippen LogP contribution in [0.5, 0.6) is 0 Å². The number of rotatable bonds is 3. The number of anilines is 2. The summed E-state index contributed by atoms with van der Waals surface area (Å²) in [7, 11) is 2.05. The molecule has 0 spiro atoms. The fourth-order valence-electron chi connectivity index (χ4n) is 1.96. The summed E-state index contributed by atoms with van der Waals surface area (Å²) in [4.78, 5) is 2.14. The maximum Gasteiger partial charge on any atom is 0.0761 e. The van der Waals surface area contributed by atoms with Crippen LogP contribution in [0.1, 0.15) is 24.2 Å². The molecule has 2 rings (SSSR count). The molecule has 1 atom stereocenters. The Morgan fingerprint density at radius 3 is 2.22 bits per heavy atom. The second kappa shape index (κ2) is 5.23. The molecule has 2 aromatic rings. The Morgan fingerprint density at radius 2 is 1.67 bits per heavy atom. The maximum atomic E-state index is 9.49. The molecule has 0 aliphatic carbocycles. The SMILES string of the molecule is Cc1cccc(N(C)c2ccc(C(C)O)cc2)c1. The van der Waals surface area contributed by atoms with Crippen LogP contribution in [0.2, 0.25) is 0 Å². The first kappa shape index (κ1) is 12.7. The van der Waals surface area contributed by atoms with E-state index in [4.69, 9.17) is 0 Å². The van der Waals surface area contributed by atoms with Crippen molar-refractivity contribution in [2.75, 3.05) is 11.9 Å². The number of nitrogens with zero attached hydrogens (tertiary/aromatic N) is 1. The van der Waals surface area contributed by atoms with E-state index in [9.17, 15) is 5.11 Å². The molecule has 1 N–H and O–H groups in total. The highest BCUT2D eigenvalue weighted by atomic mass is 16.3. The number of benzene rings is 2. The van der Waals surface area contributed by atoms with E-state index >= 15 is 0 Å². The monoisotopic (exact) mass is 241 g/mol. The van der Waals surface area contributed by atoms with Gasteiger partial charge in [-0.15, -0.1) is 0 Å². The van der Waals surface area contributed by atoms with Gasteiger partial charge in [0.25, 0.3) is 0 Å². The largest absolute Gasteiger partial charge is 0.389 e. The van der Waals surface area contributed by atoms with E-state index in [0.29, 0.717) is 0 Å². The smallest absolute Gasteiger partial charge is 0.0761 e. The Bertz CT molecular complexity index is 517. The number of aliphatic hydroxyl groups is 1. The van der Waals surface area contributed by atoms with E-state index in [2.05, 4.69) is 36.1 Å². The van der Waals surface area contributed by atoms with Crippen LogP contribution < -0.4 is 4.90 Å². The maximum absolute atomic E-state index is 9.49. The van der Waals surface area contributed by atoms with Gasteiger partial charge in [0.05, 0.1) is 6.10 Å². The van der Waals surface area contributed by atoms with Gasteiger partial charge in [0, 0.05) is 18.4 Å². The van der Waals surface area contributed by atoms with E-state index in [-0.39, 0.29) is 0 Å². The Morgan fingerprint density at radius 1 is 1.00 bits per heavy atom. The van der Waals surface area contributed by atoms with Crippen molar-refractivity contribution in [2.24, 2.45) is 0 Å². The predicted octanol–water partition coefficient (Wildman–Crippen LogP) is 3.82. The number of hydrogen-bond acceptors (Lipinski definition) is 2. The van der Waals surface area contributed by atoms with Crippen LogP contribution in [0.4, 0.5) is 11.4 Å². The minimum atomic E-state index is -0.414. The quantitative estimate of drug-likeness (QED) is 0.883. The van der Waals surface area contributed by atoms with Crippen molar-refractivity contribution in [3.63, 3.8) is 0 Å². The Kier molecular flexibility index (Phi) is 3.68. The lowest BCUT2D eigenvalue weighted by Gasteiger charge is -2.20. The van der Waals surface area contributed by atoms with E-state index < -0.39 is 6.10 Å². The summed E-state index contributed by atoms with van der Waals surface area (Å²) >= 11 is 0. The summed E-state index contributed by atoms with van der Waals surface area (Å²) in [6, 6.07) is 16.4. The van der Waals surface area contributed by atoms with E-state index in [0.717, 1.165) is 11.3 Å². The standard InChI is InChI=1S/C16H19NO/c1-12-5-4-6-16(11-12)17(3)15-9-7-14(8-10-15)13(2)18/h4-11,13,18H,1-3H3. The number of hydrogen-bond donors (Lipinski definition) is 1. The third-order valence-electron chi connectivity index (χ3n) is 3.15. The second-order valence-electron chi connectivity index (χ2n) is 4.67. The van der Waals surface area contributed by atoms with Gasteiger partial charge in [-0.3, -0.25) is 0 Å². The molecule has 0 radical (unpaired) electrons. The molecule has 94 valence electrons. The molecule has 0 bridgehead atoms. The average molecular weight is 241 g/mol. The first-order valence-electron chi connectivity index (χ1n) is 6.16. The third-order valence-corrected chi connectivity index (χ3v) is 3.15. The van der Waals surface area contributed by atoms with Crippen LogP contribution in [-0.4, -0.2) is 12.2 Å². The molecule has 2 nitrogen and oxygen atoms in total. The summed E-state index contributed by atoms with van der Waals surface area (Å²) in [5.74, 6) is 0. The highest BCUT2D eigenvalue weighted by Crippen LogP contribution is 2.25. The molecule has 0 saturated heterocycles. The van der Waals surface area contributed by atoms with Crippen LogP contribution in [0.3, 0.4) is 0 Å². The molecule has 0 aromatic heterocycles. The summed E-state index contributed by atoms with van der Waals surface area (Å²) in [5.41, 5.74) is 4.47. The summed E-state index contributed by atoms with van der Waals surface area (Å²) < 4.78 is 0. The Labute approximate surface area is 109 Å². The highest BCUT2D eigenvalue weighted by molar-refractivity contribution is 5.63. The van der Waals surface area contributed by atoms with Gasteiger partial charge in [-0.05, 0) is 49.2 Å². The van der Waals surface area contributed by atoms with E-state index in [1.807, 2.05) is 31.3 Å². The molecule has 0 saturated carbocycles. The molecule has 2 heteroatoms. The zero-order chi connectivity index (χ0) is 13.1. The molecule has 0 aliphatic heterocycles. The minimum Gasteiger partial charge on any atom is -0.389 e. The van der Waals surface area contributed by atoms with Crippen molar-refractivity contribution in [1.82, 2.24) is 0 Å². The zero-order valence-electron chi connectivity index (χ0n) is 11.1. The average Bonchev–Trinajstić information content (AvgIpc) is 2.38. The van der Waals surface area contributed by atoms with Gasteiger partial charge >= 0.3 is 0 Å².